The summed E-state index contributed by atoms with van der Waals surface area (Å²) in [4.78, 5) is 9.73. The van der Waals surface area contributed by atoms with Crippen molar-refractivity contribution in [2.45, 2.75) is 37.0 Å². The second-order valence-electron chi connectivity index (χ2n) is 5.21. The van der Waals surface area contributed by atoms with Crippen LogP contribution in [0.2, 0.25) is 0 Å². The van der Waals surface area contributed by atoms with E-state index < -0.39 is 40.7 Å². The highest BCUT2D eigenvalue weighted by Crippen LogP contribution is 2.52. The standard InChI is InChI=1S/C13H12F7NO3/c1-10(24-2,8-3-5-9(6-4-8)21(22)23)7-11(14,12(15,16)17)13(18,19)20/h3-6H,7H2,1-2H3. The molecule has 0 aromatic heterocycles. The number of nitro benzene ring substituents is 1. The Balaban J connectivity index is 3.34. The summed E-state index contributed by atoms with van der Waals surface area (Å²) in [6, 6.07) is 3.56. The third kappa shape index (κ3) is 3.60. The van der Waals surface area contributed by atoms with Crippen LogP contribution in [0.4, 0.5) is 36.4 Å². The average Bonchev–Trinajstić information content (AvgIpc) is 2.44. The first-order valence-electron chi connectivity index (χ1n) is 6.30. The molecule has 0 aliphatic rings. The second kappa shape index (κ2) is 6.19. The zero-order chi connectivity index (χ0) is 19.0. The molecule has 0 radical (unpaired) electrons. The zero-order valence-corrected chi connectivity index (χ0v) is 12.3. The lowest BCUT2D eigenvalue weighted by atomic mass is 9.83. The molecule has 1 atom stereocenters. The average molecular weight is 363 g/mol. The van der Waals surface area contributed by atoms with E-state index in [1.54, 1.807) is 0 Å². The number of nitrogens with zero attached hydrogens (tertiary/aromatic N) is 1. The molecule has 0 aliphatic carbocycles. The molecule has 24 heavy (non-hydrogen) atoms. The number of methoxy groups -OCH3 is 1. The van der Waals surface area contributed by atoms with Crippen molar-refractivity contribution in [3.63, 3.8) is 0 Å². The Hall–Kier alpha value is -1.91. The minimum atomic E-state index is -6.22. The normalized spacial score (nSPS) is 15.9. The van der Waals surface area contributed by atoms with Gasteiger partial charge in [-0.25, -0.2) is 4.39 Å². The van der Waals surface area contributed by atoms with Crippen LogP contribution in [0, 0.1) is 10.1 Å². The summed E-state index contributed by atoms with van der Waals surface area (Å²) in [6.45, 7) is 0.833. The van der Waals surface area contributed by atoms with Crippen molar-refractivity contribution in [2.24, 2.45) is 0 Å². The lowest BCUT2D eigenvalue weighted by molar-refractivity contribution is -0.384. The summed E-state index contributed by atoms with van der Waals surface area (Å²) < 4.78 is 94.9. The van der Waals surface area contributed by atoms with Crippen LogP contribution in [0.5, 0.6) is 0 Å². The van der Waals surface area contributed by atoms with E-state index in [-0.39, 0.29) is 5.56 Å². The topological polar surface area (TPSA) is 52.4 Å². The third-order valence-corrected chi connectivity index (χ3v) is 3.62. The summed E-state index contributed by atoms with van der Waals surface area (Å²) >= 11 is 0. The van der Waals surface area contributed by atoms with Crippen LogP contribution in [0.15, 0.2) is 24.3 Å². The van der Waals surface area contributed by atoms with E-state index in [0.29, 0.717) is 0 Å². The molecule has 11 heteroatoms. The number of non-ortho nitro benzene ring substituents is 1. The fraction of sp³-hybridized carbons (Fsp3) is 0.538. The summed E-state index contributed by atoms with van der Waals surface area (Å²) in [5.74, 6) is 0. The van der Waals surface area contributed by atoms with Crippen molar-refractivity contribution in [1.29, 1.82) is 0 Å². The first kappa shape index (κ1) is 20.1. The van der Waals surface area contributed by atoms with E-state index in [0.717, 1.165) is 38.3 Å². The highest BCUT2D eigenvalue weighted by atomic mass is 19.4. The molecule has 1 aromatic rings. The van der Waals surface area contributed by atoms with Gasteiger partial charge in [0, 0.05) is 25.7 Å². The van der Waals surface area contributed by atoms with Crippen LogP contribution in [-0.2, 0) is 10.3 Å². The Morgan fingerprint density at radius 1 is 1.00 bits per heavy atom. The molecule has 136 valence electrons. The van der Waals surface area contributed by atoms with E-state index >= 15 is 0 Å². The maximum atomic E-state index is 13.9. The SMILES string of the molecule is COC(C)(CC(F)(C(F)(F)F)C(F)(F)F)c1ccc([N+](=O)[O-])cc1. The zero-order valence-electron chi connectivity index (χ0n) is 12.3. The van der Waals surface area contributed by atoms with Gasteiger partial charge in [0.1, 0.15) is 0 Å². The van der Waals surface area contributed by atoms with Gasteiger partial charge in [-0.3, -0.25) is 10.1 Å². The number of nitro groups is 1. The first-order chi connectivity index (χ1) is 10.7. The first-order valence-corrected chi connectivity index (χ1v) is 6.30. The Morgan fingerprint density at radius 3 is 1.71 bits per heavy atom. The van der Waals surface area contributed by atoms with Gasteiger partial charge in [0.25, 0.3) is 5.69 Å². The van der Waals surface area contributed by atoms with Gasteiger partial charge in [0.2, 0.25) is 0 Å². The van der Waals surface area contributed by atoms with Crippen LogP contribution in [0.3, 0.4) is 0 Å². The number of ether oxygens (including phenoxy) is 1. The van der Waals surface area contributed by atoms with Gasteiger partial charge >= 0.3 is 18.0 Å². The minimum absolute atomic E-state index is 0.272. The van der Waals surface area contributed by atoms with E-state index in [1.165, 1.54) is 0 Å². The van der Waals surface area contributed by atoms with Gasteiger partial charge in [-0.1, -0.05) is 0 Å². The lowest BCUT2D eigenvalue weighted by Crippen LogP contribution is -2.56. The number of hydrogen-bond donors (Lipinski definition) is 0. The van der Waals surface area contributed by atoms with Crippen molar-refractivity contribution in [1.82, 2.24) is 0 Å². The van der Waals surface area contributed by atoms with Crippen molar-refractivity contribution in [3.05, 3.63) is 39.9 Å². The van der Waals surface area contributed by atoms with Crippen molar-refractivity contribution >= 4 is 5.69 Å². The van der Waals surface area contributed by atoms with Crippen molar-refractivity contribution in [3.8, 4) is 0 Å². The molecule has 0 heterocycles. The molecule has 1 unspecified atom stereocenters. The molecular weight excluding hydrogens is 351 g/mol. The quantitative estimate of drug-likeness (QED) is 0.434. The van der Waals surface area contributed by atoms with Crippen molar-refractivity contribution in [2.75, 3.05) is 7.11 Å². The summed E-state index contributed by atoms with van der Waals surface area (Å²) in [6.07, 6.45) is -14.5. The summed E-state index contributed by atoms with van der Waals surface area (Å²) in [5.41, 5.74) is -8.54. The molecule has 0 saturated carbocycles. The Morgan fingerprint density at radius 2 is 1.42 bits per heavy atom. The van der Waals surface area contributed by atoms with E-state index in [4.69, 9.17) is 4.74 Å². The highest BCUT2D eigenvalue weighted by Gasteiger charge is 2.74. The number of alkyl halides is 7. The monoisotopic (exact) mass is 363 g/mol. The van der Waals surface area contributed by atoms with Gasteiger partial charge in [-0.2, -0.15) is 26.3 Å². The summed E-state index contributed by atoms with van der Waals surface area (Å²) in [5, 5.41) is 10.5. The molecule has 0 spiro atoms. The van der Waals surface area contributed by atoms with Crippen molar-refractivity contribution < 1.29 is 40.4 Å². The predicted molar refractivity (Wildman–Crippen MR) is 68.0 cm³/mol. The maximum Gasteiger partial charge on any atom is 0.431 e. The number of hydrogen-bond acceptors (Lipinski definition) is 3. The number of rotatable bonds is 5. The Labute approximate surface area is 131 Å². The molecule has 0 bridgehead atoms. The van der Waals surface area contributed by atoms with Gasteiger partial charge in [-0.15, -0.1) is 0 Å². The molecule has 0 saturated heterocycles. The minimum Gasteiger partial charge on any atom is -0.374 e. The fourth-order valence-corrected chi connectivity index (χ4v) is 2.05. The third-order valence-electron chi connectivity index (χ3n) is 3.62. The van der Waals surface area contributed by atoms with Crippen LogP contribution in [0.1, 0.15) is 18.9 Å². The molecule has 0 amide bonds. The van der Waals surface area contributed by atoms with E-state index in [9.17, 15) is 40.8 Å². The van der Waals surface area contributed by atoms with Gasteiger partial charge in [0.05, 0.1) is 10.5 Å². The number of benzene rings is 1. The molecule has 4 nitrogen and oxygen atoms in total. The van der Waals surface area contributed by atoms with Gasteiger partial charge in [0.15, 0.2) is 0 Å². The molecule has 1 rings (SSSR count). The molecule has 0 fully saturated rings. The molecule has 1 aromatic carbocycles. The Bertz CT molecular complexity index is 583. The van der Waals surface area contributed by atoms with Crippen LogP contribution >= 0.6 is 0 Å². The van der Waals surface area contributed by atoms with Crippen LogP contribution in [0.25, 0.3) is 0 Å². The van der Waals surface area contributed by atoms with E-state index in [2.05, 4.69) is 0 Å². The maximum absolute atomic E-state index is 13.9. The number of halogens is 7. The van der Waals surface area contributed by atoms with Crippen LogP contribution in [-0.4, -0.2) is 30.1 Å². The largest absolute Gasteiger partial charge is 0.431 e. The van der Waals surface area contributed by atoms with Gasteiger partial charge in [-0.05, 0) is 24.6 Å². The fourth-order valence-electron chi connectivity index (χ4n) is 2.05. The van der Waals surface area contributed by atoms with Crippen LogP contribution < -0.4 is 0 Å². The summed E-state index contributed by atoms with van der Waals surface area (Å²) in [7, 11) is 0.814. The highest BCUT2D eigenvalue weighted by molar-refractivity contribution is 5.35. The van der Waals surface area contributed by atoms with Gasteiger partial charge < -0.3 is 4.74 Å². The lowest BCUT2D eigenvalue weighted by Gasteiger charge is -2.38. The smallest absolute Gasteiger partial charge is 0.374 e. The molecular formula is C13H12F7NO3. The molecule has 0 aliphatic heterocycles. The van der Waals surface area contributed by atoms with E-state index in [1.807, 2.05) is 0 Å². The Kier molecular flexibility index (Phi) is 5.19. The molecule has 0 N–H and O–H groups in total. The predicted octanol–water partition coefficient (Wildman–Crippen LogP) is 4.68. The second-order valence-corrected chi connectivity index (χ2v) is 5.21.